The van der Waals surface area contributed by atoms with E-state index in [-0.39, 0.29) is 5.91 Å². The Morgan fingerprint density at radius 1 is 1.48 bits per heavy atom. The molecule has 122 valence electrons. The minimum Gasteiger partial charge on any atom is -0.496 e. The lowest BCUT2D eigenvalue weighted by Crippen LogP contribution is -2.16. The lowest BCUT2D eigenvalue weighted by molar-refractivity contribution is -0.115. The minimum absolute atomic E-state index is 0.0514. The summed E-state index contributed by atoms with van der Waals surface area (Å²) in [7, 11) is 1.64. The highest BCUT2D eigenvalue weighted by Crippen LogP contribution is 2.27. The number of hydrogen-bond donors (Lipinski definition) is 3. The second kappa shape index (κ2) is 6.83. The largest absolute Gasteiger partial charge is 0.496 e. The number of aryl methyl sites for hydroxylation is 1. The van der Waals surface area contributed by atoms with E-state index >= 15 is 0 Å². The van der Waals surface area contributed by atoms with E-state index in [1.807, 2.05) is 25.1 Å². The molecule has 1 amide bonds. The quantitative estimate of drug-likeness (QED) is 0.788. The molecule has 0 radical (unpaired) electrons. The van der Waals surface area contributed by atoms with Crippen molar-refractivity contribution in [2.45, 2.75) is 25.7 Å². The fraction of sp³-hybridized carbons (Fsp3) is 0.412. The van der Waals surface area contributed by atoms with E-state index < -0.39 is 0 Å². The van der Waals surface area contributed by atoms with Gasteiger partial charge in [0.25, 0.3) is 0 Å². The van der Waals surface area contributed by atoms with Crippen molar-refractivity contribution in [2.24, 2.45) is 0 Å². The molecule has 1 saturated heterocycles. The molecule has 2 aromatic rings. The number of nitrogens with zero attached hydrogens (tertiary/aromatic N) is 1. The van der Waals surface area contributed by atoms with E-state index in [4.69, 9.17) is 4.74 Å². The maximum absolute atomic E-state index is 12.3. The first-order chi connectivity index (χ1) is 11.2. The minimum atomic E-state index is -0.0514. The number of rotatable bonds is 5. The van der Waals surface area contributed by atoms with Gasteiger partial charge in [-0.1, -0.05) is 12.1 Å². The van der Waals surface area contributed by atoms with Crippen LogP contribution in [0.4, 0.5) is 5.69 Å². The third kappa shape index (κ3) is 3.53. The first kappa shape index (κ1) is 15.6. The number of aromatic nitrogens is 2. The summed E-state index contributed by atoms with van der Waals surface area (Å²) in [5.41, 5.74) is 3.77. The zero-order valence-electron chi connectivity index (χ0n) is 13.5. The Labute approximate surface area is 135 Å². The SMILES string of the molecule is COc1cc(CC(=O)Nc2cn[nH]c2C2CCNC2)ccc1C. The molecule has 0 spiro atoms. The van der Waals surface area contributed by atoms with Crippen molar-refractivity contribution >= 4 is 11.6 Å². The summed E-state index contributed by atoms with van der Waals surface area (Å²) in [6, 6.07) is 5.83. The number of anilines is 1. The first-order valence-corrected chi connectivity index (χ1v) is 7.84. The molecule has 6 heteroatoms. The number of hydrogen-bond acceptors (Lipinski definition) is 4. The van der Waals surface area contributed by atoms with Crippen LogP contribution < -0.4 is 15.4 Å². The highest BCUT2D eigenvalue weighted by atomic mass is 16.5. The van der Waals surface area contributed by atoms with Gasteiger partial charge in [-0.25, -0.2) is 0 Å². The lowest BCUT2D eigenvalue weighted by Gasteiger charge is -2.11. The van der Waals surface area contributed by atoms with Crippen LogP contribution in [0.5, 0.6) is 5.75 Å². The molecular weight excluding hydrogens is 292 g/mol. The summed E-state index contributed by atoms with van der Waals surface area (Å²) in [6.07, 6.45) is 3.05. The molecule has 6 nitrogen and oxygen atoms in total. The fourth-order valence-electron chi connectivity index (χ4n) is 2.96. The van der Waals surface area contributed by atoms with Crippen LogP contribution in [0.25, 0.3) is 0 Å². The topological polar surface area (TPSA) is 79.0 Å². The number of benzene rings is 1. The molecule has 0 saturated carbocycles. The van der Waals surface area contributed by atoms with Gasteiger partial charge in [0.05, 0.1) is 31.1 Å². The molecule has 2 heterocycles. The van der Waals surface area contributed by atoms with E-state index in [2.05, 4.69) is 20.8 Å². The molecule has 1 aromatic carbocycles. The van der Waals surface area contributed by atoms with E-state index in [0.29, 0.717) is 12.3 Å². The molecule has 1 atom stereocenters. The van der Waals surface area contributed by atoms with Crippen molar-refractivity contribution in [3.8, 4) is 5.75 Å². The smallest absolute Gasteiger partial charge is 0.228 e. The van der Waals surface area contributed by atoms with Crippen molar-refractivity contribution in [3.63, 3.8) is 0 Å². The first-order valence-electron chi connectivity index (χ1n) is 7.84. The zero-order chi connectivity index (χ0) is 16.2. The molecule has 23 heavy (non-hydrogen) atoms. The van der Waals surface area contributed by atoms with Crippen LogP contribution in [0, 0.1) is 6.92 Å². The number of aromatic amines is 1. The van der Waals surface area contributed by atoms with E-state index in [9.17, 15) is 4.79 Å². The fourth-order valence-corrected chi connectivity index (χ4v) is 2.96. The average molecular weight is 314 g/mol. The Hall–Kier alpha value is -2.34. The standard InChI is InChI=1S/C17H22N4O2/c1-11-3-4-12(7-15(11)23-2)8-16(22)20-14-10-19-21-17(14)13-5-6-18-9-13/h3-4,7,10,13,18H,5-6,8-9H2,1-2H3,(H,19,21)(H,20,22). The molecule has 0 aliphatic carbocycles. The summed E-state index contributed by atoms with van der Waals surface area (Å²) in [4.78, 5) is 12.3. The summed E-state index contributed by atoms with van der Waals surface area (Å²) in [6.45, 7) is 3.90. The van der Waals surface area contributed by atoms with Crippen molar-refractivity contribution in [1.29, 1.82) is 0 Å². The second-order valence-electron chi connectivity index (χ2n) is 5.92. The van der Waals surface area contributed by atoms with Gasteiger partial charge in [0.2, 0.25) is 5.91 Å². The highest BCUT2D eigenvalue weighted by molar-refractivity contribution is 5.92. The lowest BCUT2D eigenvalue weighted by atomic mass is 10.0. The van der Waals surface area contributed by atoms with Crippen molar-refractivity contribution < 1.29 is 9.53 Å². The Balaban J connectivity index is 1.67. The van der Waals surface area contributed by atoms with Gasteiger partial charge in [0.15, 0.2) is 0 Å². The van der Waals surface area contributed by atoms with Crippen LogP contribution in [0.15, 0.2) is 24.4 Å². The number of methoxy groups -OCH3 is 1. The average Bonchev–Trinajstić information content (AvgIpc) is 3.20. The summed E-state index contributed by atoms with van der Waals surface area (Å²) < 4.78 is 5.31. The van der Waals surface area contributed by atoms with Crippen LogP contribution in [0.1, 0.15) is 29.2 Å². The van der Waals surface area contributed by atoms with Crippen molar-refractivity contribution in [1.82, 2.24) is 15.5 Å². The van der Waals surface area contributed by atoms with Gasteiger partial charge in [-0.05, 0) is 37.1 Å². The van der Waals surface area contributed by atoms with Gasteiger partial charge in [-0.15, -0.1) is 0 Å². The predicted molar refractivity (Wildman–Crippen MR) is 88.9 cm³/mol. The number of nitrogens with one attached hydrogen (secondary N) is 3. The Bertz CT molecular complexity index is 690. The normalized spacial score (nSPS) is 17.2. The van der Waals surface area contributed by atoms with Crippen LogP contribution in [0.3, 0.4) is 0 Å². The Morgan fingerprint density at radius 3 is 3.09 bits per heavy atom. The monoisotopic (exact) mass is 314 g/mol. The van der Waals surface area contributed by atoms with Gasteiger partial charge >= 0.3 is 0 Å². The van der Waals surface area contributed by atoms with E-state index in [1.54, 1.807) is 13.3 Å². The molecule has 1 unspecified atom stereocenters. The molecule has 1 aromatic heterocycles. The zero-order valence-corrected chi connectivity index (χ0v) is 13.5. The molecule has 0 bridgehead atoms. The van der Waals surface area contributed by atoms with E-state index in [0.717, 1.165) is 47.8 Å². The van der Waals surface area contributed by atoms with Crippen LogP contribution >= 0.6 is 0 Å². The number of H-pyrrole nitrogens is 1. The number of amides is 1. The molecule has 3 rings (SSSR count). The molecule has 1 fully saturated rings. The summed E-state index contributed by atoms with van der Waals surface area (Å²) in [5, 5.41) is 13.4. The van der Waals surface area contributed by atoms with E-state index in [1.165, 1.54) is 0 Å². The van der Waals surface area contributed by atoms with Crippen LogP contribution in [-0.2, 0) is 11.2 Å². The van der Waals surface area contributed by atoms with Gasteiger partial charge < -0.3 is 15.4 Å². The molecule has 1 aliphatic rings. The number of carbonyl (C=O) groups excluding carboxylic acids is 1. The maximum Gasteiger partial charge on any atom is 0.228 e. The van der Waals surface area contributed by atoms with Crippen molar-refractivity contribution in [3.05, 3.63) is 41.2 Å². The Morgan fingerprint density at radius 2 is 2.35 bits per heavy atom. The summed E-state index contributed by atoms with van der Waals surface area (Å²) >= 11 is 0. The van der Waals surface area contributed by atoms with Crippen LogP contribution in [0.2, 0.25) is 0 Å². The highest BCUT2D eigenvalue weighted by Gasteiger charge is 2.22. The van der Waals surface area contributed by atoms with Gasteiger partial charge in [-0.3, -0.25) is 9.89 Å². The van der Waals surface area contributed by atoms with Gasteiger partial charge in [0.1, 0.15) is 5.75 Å². The second-order valence-corrected chi connectivity index (χ2v) is 5.92. The van der Waals surface area contributed by atoms with Crippen LogP contribution in [-0.4, -0.2) is 36.3 Å². The maximum atomic E-state index is 12.3. The van der Waals surface area contributed by atoms with Crippen molar-refractivity contribution in [2.75, 3.05) is 25.5 Å². The number of ether oxygens (including phenoxy) is 1. The molecule has 3 N–H and O–H groups in total. The Kier molecular flexibility index (Phi) is 4.62. The van der Waals surface area contributed by atoms with Gasteiger partial charge in [-0.2, -0.15) is 5.10 Å². The molecule has 1 aliphatic heterocycles. The third-order valence-corrected chi connectivity index (χ3v) is 4.25. The molecular formula is C17H22N4O2. The predicted octanol–water partition coefficient (Wildman–Crippen LogP) is 1.98. The summed E-state index contributed by atoms with van der Waals surface area (Å²) in [5.74, 6) is 1.13. The van der Waals surface area contributed by atoms with Gasteiger partial charge in [0, 0.05) is 12.5 Å². The third-order valence-electron chi connectivity index (χ3n) is 4.25. The number of carbonyl (C=O) groups is 1.